The van der Waals surface area contributed by atoms with Gasteiger partial charge in [0.1, 0.15) is 0 Å². The van der Waals surface area contributed by atoms with Gasteiger partial charge in [-0.05, 0) is 214 Å². The number of rotatable bonds is 5. The lowest BCUT2D eigenvalue weighted by Crippen LogP contribution is -2.10. The predicted octanol–water partition coefficient (Wildman–Crippen LogP) is 20.6. The van der Waals surface area contributed by atoms with Crippen LogP contribution in [-0.2, 0) is 0 Å². The van der Waals surface area contributed by atoms with Crippen LogP contribution in [-0.4, -0.2) is 0 Å². The topological polar surface area (TPSA) is 3.24 Å². The van der Waals surface area contributed by atoms with Gasteiger partial charge in [0.2, 0.25) is 0 Å². The molecule has 1 aliphatic carbocycles. The van der Waals surface area contributed by atoms with E-state index in [0.29, 0.717) is 0 Å². The number of aryl methyl sites for hydroxylation is 2. The Morgan fingerprint density at radius 1 is 0.219 bits per heavy atom. The van der Waals surface area contributed by atoms with Gasteiger partial charge in [0.05, 0.1) is 5.69 Å². The van der Waals surface area contributed by atoms with Gasteiger partial charge in [-0.3, -0.25) is 0 Å². The quantitative estimate of drug-likeness (QED) is 0.123. The summed E-state index contributed by atoms with van der Waals surface area (Å²) in [6.45, 7) is 4.59. The third-order valence-electron chi connectivity index (χ3n) is 17.1. The largest absolute Gasteiger partial charge is 0.310 e. The van der Waals surface area contributed by atoms with E-state index in [1.54, 1.807) is 0 Å². The molecule has 1 heteroatoms. The third kappa shape index (κ3) is 5.01. The van der Waals surface area contributed by atoms with Crippen molar-refractivity contribution in [3.8, 4) is 44.5 Å². The van der Waals surface area contributed by atoms with E-state index in [1.165, 1.54) is 169 Å². The lowest BCUT2D eigenvalue weighted by molar-refractivity contribution is 1.30. The van der Waals surface area contributed by atoms with E-state index in [-0.39, 0.29) is 0 Å². The Bertz CT molecular complexity index is 4760. The Morgan fingerprint density at radius 3 is 1.12 bits per heavy atom. The fourth-order valence-corrected chi connectivity index (χ4v) is 14.1. The first-order chi connectivity index (χ1) is 36.1. The molecule has 1 nitrogen and oxygen atoms in total. The SMILES string of the molecule is Cc1ccccc1-c1c2cc3c(cc2c(-c2ccccc2C)c2c4ccc5c6ccc7c8c(ccc(c9ccc(c12)c4c95)c86)-c1ccccc1-7)c1ccc(N(c2ccccc2)c2ccccc2)c2cccc3c21. The van der Waals surface area contributed by atoms with E-state index in [9.17, 15) is 0 Å². The summed E-state index contributed by atoms with van der Waals surface area (Å²) in [5.41, 5.74) is 16.6. The first-order valence-corrected chi connectivity index (χ1v) is 25.7. The predicted molar refractivity (Wildman–Crippen MR) is 315 cm³/mol. The van der Waals surface area contributed by atoms with Crippen LogP contribution in [0.1, 0.15) is 11.1 Å². The zero-order valence-corrected chi connectivity index (χ0v) is 40.3. The highest BCUT2D eigenvalue weighted by Crippen LogP contribution is 2.58. The maximum absolute atomic E-state index is 2.57. The molecule has 0 aromatic heterocycles. The molecule has 0 bridgehead atoms. The van der Waals surface area contributed by atoms with Crippen molar-refractivity contribution in [1.82, 2.24) is 0 Å². The highest BCUT2D eigenvalue weighted by Gasteiger charge is 2.30. The van der Waals surface area contributed by atoms with Crippen molar-refractivity contribution < 1.29 is 0 Å². The molecule has 0 amide bonds. The smallest absolute Gasteiger partial charge is 0.0540 e. The average molecular weight is 922 g/mol. The van der Waals surface area contributed by atoms with E-state index < -0.39 is 0 Å². The number of hydrogen-bond donors (Lipinski definition) is 0. The van der Waals surface area contributed by atoms with Gasteiger partial charge in [0, 0.05) is 16.8 Å². The molecule has 0 saturated carbocycles. The van der Waals surface area contributed by atoms with Crippen LogP contribution in [0.3, 0.4) is 0 Å². The van der Waals surface area contributed by atoms with Crippen LogP contribution in [0.25, 0.3) is 152 Å². The third-order valence-corrected chi connectivity index (χ3v) is 17.1. The number of hydrogen-bond acceptors (Lipinski definition) is 1. The Labute approximate surface area is 421 Å². The molecule has 0 spiro atoms. The molecule has 0 radical (unpaired) electrons. The molecule has 73 heavy (non-hydrogen) atoms. The van der Waals surface area contributed by atoms with Crippen molar-refractivity contribution in [2.75, 3.05) is 4.90 Å². The van der Waals surface area contributed by atoms with Crippen LogP contribution in [0.4, 0.5) is 17.1 Å². The van der Waals surface area contributed by atoms with Crippen LogP contribution >= 0.6 is 0 Å². The van der Waals surface area contributed by atoms with Gasteiger partial charge < -0.3 is 4.90 Å². The van der Waals surface area contributed by atoms with Crippen LogP contribution in [0, 0.1) is 13.8 Å². The molecule has 16 aromatic carbocycles. The maximum Gasteiger partial charge on any atom is 0.0540 e. The van der Waals surface area contributed by atoms with Crippen LogP contribution in [0.5, 0.6) is 0 Å². The highest BCUT2D eigenvalue weighted by atomic mass is 15.1. The zero-order valence-electron chi connectivity index (χ0n) is 40.3. The Morgan fingerprint density at radius 2 is 0.603 bits per heavy atom. The first kappa shape index (κ1) is 39.4. The van der Waals surface area contributed by atoms with Gasteiger partial charge in [-0.15, -0.1) is 0 Å². The van der Waals surface area contributed by atoms with Gasteiger partial charge in [-0.1, -0.05) is 182 Å². The van der Waals surface area contributed by atoms with Crippen molar-refractivity contribution in [1.29, 1.82) is 0 Å². The van der Waals surface area contributed by atoms with Crippen molar-refractivity contribution >= 4 is 125 Å². The molecule has 17 rings (SSSR count). The summed E-state index contributed by atoms with van der Waals surface area (Å²) < 4.78 is 0. The molecule has 1 aliphatic rings. The Kier molecular flexibility index (Phi) is 7.66. The zero-order chi connectivity index (χ0) is 47.8. The number of benzene rings is 14. The van der Waals surface area contributed by atoms with Gasteiger partial charge in [0.15, 0.2) is 0 Å². The second-order valence-corrected chi connectivity index (χ2v) is 20.6. The lowest BCUT2D eigenvalue weighted by atomic mass is 9.84. The number of para-hydroxylation sites is 2. The van der Waals surface area contributed by atoms with E-state index in [0.717, 1.165) is 11.4 Å². The molecular formula is C72H43N. The molecule has 0 N–H and O–H groups in total. The molecule has 0 unspecified atom stereocenters. The summed E-state index contributed by atoms with van der Waals surface area (Å²) in [6.07, 6.45) is 0. The maximum atomic E-state index is 2.57. The first-order valence-electron chi connectivity index (χ1n) is 25.7. The molecule has 0 heterocycles. The monoisotopic (exact) mass is 921 g/mol. The minimum Gasteiger partial charge on any atom is -0.310 e. The van der Waals surface area contributed by atoms with Crippen molar-refractivity contribution in [2.45, 2.75) is 13.8 Å². The summed E-state index contributed by atoms with van der Waals surface area (Å²) in [5, 5.41) is 26.4. The minimum atomic E-state index is 1.14. The number of fused-ring (bicyclic) bond motifs is 12. The minimum absolute atomic E-state index is 1.14. The average Bonchev–Trinajstić information content (AvgIpc) is 4.08. The summed E-state index contributed by atoms with van der Waals surface area (Å²) in [5.74, 6) is 0. The molecule has 0 atom stereocenters. The second-order valence-electron chi connectivity index (χ2n) is 20.6. The molecule has 0 saturated heterocycles. The standard InChI is InChI=1S/C72H43N/c1-40-16-9-11-22-44(40)65-61-38-59-48-26-15-27-56-63(73(42-18-5-3-6-19-42)43-20-7-4-8-21-43)37-36-55(64(48)56)60(59)39-62(61)66(45-23-12-10-17-41(45)2)72-58-35-33-54-52-31-29-50-47-25-14-13-24-46(47)49-28-30-51(68(52)67(49)50)53-32-34-57(71(65)72)70(58)69(53)54/h3-39H,1-2H3. The molecular weight excluding hydrogens is 879 g/mol. The van der Waals surface area contributed by atoms with E-state index in [4.69, 9.17) is 0 Å². The number of nitrogens with zero attached hydrogens (tertiary/aromatic N) is 1. The second kappa shape index (κ2) is 14.2. The van der Waals surface area contributed by atoms with Crippen molar-refractivity contribution in [2.24, 2.45) is 0 Å². The van der Waals surface area contributed by atoms with Gasteiger partial charge >= 0.3 is 0 Å². The molecule has 336 valence electrons. The lowest BCUT2D eigenvalue weighted by Gasteiger charge is -2.27. The van der Waals surface area contributed by atoms with Crippen LogP contribution < -0.4 is 4.90 Å². The summed E-state index contributed by atoms with van der Waals surface area (Å²) in [4.78, 5) is 2.41. The summed E-state index contributed by atoms with van der Waals surface area (Å²) >= 11 is 0. The normalized spacial score (nSPS) is 12.5. The summed E-state index contributed by atoms with van der Waals surface area (Å²) in [7, 11) is 0. The Hall–Kier alpha value is -9.30. The van der Waals surface area contributed by atoms with Gasteiger partial charge in [0.25, 0.3) is 0 Å². The fourth-order valence-electron chi connectivity index (χ4n) is 14.1. The number of anilines is 3. The summed E-state index contributed by atoms with van der Waals surface area (Å²) in [6, 6.07) is 85.0. The molecule has 16 aromatic rings. The van der Waals surface area contributed by atoms with E-state index in [1.807, 2.05) is 0 Å². The highest BCUT2D eigenvalue weighted by molar-refractivity contribution is 6.47. The van der Waals surface area contributed by atoms with Crippen molar-refractivity contribution in [3.05, 3.63) is 236 Å². The molecule has 0 fully saturated rings. The van der Waals surface area contributed by atoms with Crippen molar-refractivity contribution in [3.63, 3.8) is 0 Å². The van der Waals surface area contributed by atoms with E-state index >= 15 is 0 Å². The van der Waals surface area contributed by atoms with Gasteiger partial charge in [-0.25, -0.2) is 0 Å². The van der Waals surface area contributed by atoms with Gasteiger partial charge in [-0.2, -0.15) is 0 Å². The van der Waals surface area contributed by atoms with E-state index in [2.05, 4.69) is 243 Å². The molecule has 0 aliphatic heterocycles. The fraction of sp³-hybridized carbons (Fsp3) is 0.0278. The van der Waals surface area contributed by atoms with Crippen LogP contribution in [0.15, 0.2) is 224 Å². The van der Waals surface area contributed by atoms with Crippen LogP contribution in [0.2, 0.25) is 0 Å². The Balaban J connectivity index is 1.04.